The zero-order chi connectivity index (χ0) is 14.5. The first kappa shape index (κ1) is 14.2. The second-order valence-corrected chi connectivity index (χ2v) is 4.63. The van der Waals surface area contributed by atoms with E-state index in [2.05, 4.69) is 5.32 Å². The Balaban J connectivity index is 2.39. The highest BCUT2D eigenvalue weighted by Crippen LogP contribution is 2.31. The molecule has 0 spiro atoms. The molecule has 1 atom stereocenters. The quantitative estimate of drug-likeness (QED) is 0.884. The van der Waals surface area contributed by atoms with Crippen LogP contribution in [0.1, 0.15) is 19.3 Å². The smallest absolute Gasteiger partial charge is 0.412 e. The van der Waals surface area contributed by atoms with Crippen LogP contribution in [0.3, 0.4) is 0 Å². The second-order valence-electron chi connectivity index (χ2n) is 4.63. The lowest BCUT2D eigenvalue weighted by Gasteiger charge is -2.28. The van der Waals surface area contributed by atoms with E-state index in [4.69, 9.17) is 4.74 Å². The molecule has 1 aliphatic rings. The molecule has 0 radical (unpaired) electrons. The fraction of sp³-hybridized carbons (Fsp3) is 0.429. The lowest BCUT2D eigenvalue weighted by Crippen LogP contribution is -2.48. The van der Waals surface area contributed by atoms with Gasteiger partial charge in [0.2, 0.25) is 5.91 Å². The van der Waals surface area contributed by atoms with Crippen molar-refractivity contribution in [1.29, 1.82) is 0 Å². The number of nitrogens with one attached hydrogen (secondary N) is 1. The molecule has 1 aliphatic heterocycles. The molecule has 20 heavy (non-hydrogen) atoms. The minimum absolute atomic E-state index is 0.254. The number of hydrogen-bond donors (Lipinski definition) is 2. The van der Waals surface area contributed by atoms with Gasteiger partial charge in [-0.25, -0.2) is 4.79 Å². The van der Waals surface area contributed by atoms with E-state index in [0.717, 1.165) is 17.7 Å². The van der Waals surface area contributed by atoms with E-state index < -0.39 is 12.1 Å². The average molecular weight is 278 g/mol. The molecule has 0 bridgehead atoms. The molecule has 108 valence electrons. The molecule has 2 rings (SSSR count). The van der Waals surface area contributed by atoms with Crippen molar-refractivity contribution in [3.63, 3.8) is 0 Å². The summed E-state index contributed by atoms with van der Waals surface area (Å²) in [7, 11) is 1.48. The largest absolute Gasteiger partial charge is 0.495 e. The van der Waals surface area contributed by atoms with Crippen molar-refractivity contribution in [2.45, 2.75) is 25.3 Å². The zero-order valence-corrected chi connectivity index (χ0v) is 11.3. The second kappa shape index (κ2) is 6.27. The average Bonchev–Trinajstić information content (AvgIpc) is 2.65. The molecule has 6 heteroatoms. The number of anilines is 1. The molecule has 1 unspecified atom stereocenters. The van der Waals surface area contributed by atoms with E-state index in [1.54, 1.807) is 24.3 Å². The number of amides is 2. The monoisotopic (exact) mass is 278 g/mol. The van der Waals surface area contributed by atoms with E-state index in [1.807, 2.05) is 0 Å². The lowest BCUT2D eigenvalue weighted by atomic mass is 10.1. The lowest BCUT2D eigenvalue weighted by molar-refractivity contribution is -0.122. The van der Waals surface area contributed by atoms with E-state index in [-0.39, 0.29) is 5.91 Å². The number of benzene rings is 1. The van der Waals surface area contributed by atoms with Gasteiger partial charge in [0, 0.05) is 6.54 Å². The van der Waals surface area contributed by atoms with Crippen molar-refractivity contribution in [2.75, 3.05) is 18.6 Å². The topological polar surface area (TPSA) is 78.9 Å². The van der Waals surface area contributed by atoms with Gasteiger partial charge >= 0.3 is 6.09 Å². The number of carbonyl (C=O) groups excluding carboxylic acids is 1. The Bertz CT molecular complexity index is 504. The van der Waals surface area contributed by atoms with Crippen LogP contribution >= 0.6 is 0 Å². The first-order chi connectivity index (χ1) is 9.65. The zero-order valence-electron chi connectivity index (χ0n) is 11.3. The van der Waals surface area contributed by atoms with Crippen LogP contribution in [0.4, 0.5) is 10.5 Å². The van der Waals surface area contributed by atoms with Crippen LogP contribution in [0.5, 0.6) is 5.75 Å². The minimum Gasteiger partial charge on any atom is -0.495 e. The Hall–Kier alpha value is -2.24. The van der Waals surface area contributed by atoms with Gasteiger partial charge in [-0.15, -0.1) is 0 Å². The van der Waals surface area contributed by atoms with Gasteiger partial charge in [0.05, 0.1) is 12.8 Å². The van der Waals surface area contributed by atoms with Crippen LogP contribution in [0, 0.1) is 0 Å². The highest BCUT2D eigenvalue weighted by Gasteiger charge is 2.33. The molecule has 2 N–H and O–H groups in total. The third-order valence-electron chi connectivity index (χ3n) is 3.37. The number of rotatable bonds is 3. The summed E-state index contributed by atoms with van der Waals surface area (Å²) in [5, 5.41) is 12.3. The Morgan fingerprint density at radius 2 is 2.15 bits per heavy atom. The molecular weight excluding hydrogens is 260 g/mol. The van der Waals surface area contributed by atoms with Gasteiger partial charge < -0.3 is 15.2 Å². The van der Waals surface area contributed by atoms with Gasteiger partial charge in [-0.3, -0.25) is 9.69 Å². The first-order valence-corrected chi connectivity index (χ1v) is 6.58. The number of carbonyl (C=O) groups is 2. The van der Waals surface area contributed by atoms with E-state index in [1.165, 1.54) is 7.11 Å². The van der Waals surface area contributed by atoms with Crippen LogP contribution in [-0.2, 0) is 4.79 Å². The summed E-state index contributed by atoms with van der Waals surface area (Å²) in [6.45, 7) is 0.592. The Labute approximate surface area is 117 Å². The van der Waals surface area contributed by atoms with Gasteiger partial charge in [-0.2, -0.15) is 0 Å². The van der Waals surface area contributed by atoms with Crippen molar-refractivity contribution < 1.29 is 19.4 Å². The summed E-state index contributed by atoms with van der Waals surface area (Å²) in [5.74, 6) is 0.183. The highest BCUT2D eigenvalue weighted by molar-refractivity contribution is 5.97. The number of para-hydroxylation sites is 2. The maximum Gasteiger partial charge on any atom is 0.412 e. The van der Waals surface area contributed by atoms with Gasteiger partial charge in [0.1, 0.15) is 11.8 Å². The number of carboxylic acid groups (broad SMARTS) is 1. The Morgan fingerprint density at radius 1 is 1.40 bits per heavy atom. The van der Waals surface area contributed by atoms with Crippen molar-refractivity contribution in [2.24, 2.45) is 0 Å². The van der Waals surface area contributed by atoms with Crippen molar-refractivity contribution in [1.82, 2.24) is 5.32 Å². The van der Waals surface area contributed by atoms with Crippen molar-refractivity contribution >= 4 is 17.7 Å². The third kappa shape index (κ3) is 2.84. The van der Waals surface area contributed by atoms with Gasteiger partial charge in [0.25, 0.3) is 0 Å². The number of hydrogen-bond acceptors (Lipinski definition) is 3. The number of ether oxygens (including phenoxy) is 1. The van der Waals surface area contributed by atoms with Crippen LogP contribution in [-0.4, -0.2) is 36.8 Å². The van der Waals surface area contributed by atoms with Gasteiger partial charge in [-0.1, -0.05) is 12.1 Å². The summed E-state index contributed by atoms with van der Waals surface area (Å²) in [6, 6.07) is 6.09. The fourth-order valence-corrected chi connectivity index (χ4v) is 2.40. The molecular formula is C14H18N2O4. The summed E-state index contributed by atoms with van der Waals surface area (Å²) in [4.78, 5) is 24.8. The summed E-state index contributed by atoms with van der Waals surface area (Å²) >= 11 is 0. The maximum absolute atomic E-state index is 12.1. The van der Waals surface area contributed by atoms with Gasteiger partial charge in [-0.05, 0) is 31.4 Å². The highest BCUT2D eigenvalue weighted by atomic mass is 16.5. The SMILES string of the molecule is COc1ccccc1N(C(=O)O)C1CCCCNC1=O. The molecule has 1 aromatic carbocycles. The molecule has 2 amide bonds. The molecule has 0 aromatic heterocycles. The molecule has 1 aromatic rings. The van der Waals surface area contributed by atoms with Crippen LogP contribution in [0.15, 0.2) is 24.3 Å². The standard InChI is InChI=1S/C14H18N2O4/c1-20-12-8-3-2-6-10(12)16(14(18)19)11-7-4-5-9-15-13(11)17/h2-3,6,8,11H,4-5,7,9H2,1H3,(H,15,17)(H,18,19). The maximum atomic E-state index is 12.1. The number of nitrogens with zero attached hydrogens (tertiary/aromatic N) is 1. The van der Waals surface area contributed by atoms with Crippen molar-refractivity contribution in [3.8, 4) is 5.75 Å². The fourth-order valence-electron chi connectivity index (χ4n) is 2.40. The molecule has 0 saturated carbocycles. The molecule has 1 saturated heterocycles. The minimum atomic E-state index is -1.16. The van der Waals surface area contributed by atoms with E-state index in [9.17, 15) is 14.7 Å². The predicted molar refractivity (Wildman–Crippen MR) is 74.1 cm³/mol. The Morgan fingerprint density at radius 3 is 2.85 bits per heavy atom. The van der Waals surface area contributed by atoms with Crippen LogP contribution in [0.25, 0.3) is 0 Å². The van der Waals surface area contributed by atoms with Crippen LogP contribution in [0.2, 0.25) is 0 Å². The van der Waals surface area contributed by atoms with Gasteiger partial charge in [0.15, 0.2) is 0 Å². The Kier molecular flexibility index (Phi) is 4.45. The molecule has 1 fully saturated rings. The van der Waals surface area contributed by atoms with Crippen molar-refractivity contribution in [3.05, 3.63) is 24.3 Å². The normalized spacial score (nSPS) is 18.9. The van der Waals surface area contributed by atoms with E-state index in [0.29, 0.717) is 24.4 Å². The summed E-state index contributed by atoms with van der Waals surface area (Å²) < 4.78 is 5.20. The number of methoxy groups -OCH3 is 1. The van der Waals surface area contributed by atoms with E-state index >= 15 is 0 Å². The van der Waals surface area contributed by atoms with Crippen LogP contribution < -0.4 is 15.0 Å². The summed E-state index contributed by atoms with van der Waals surface area (Å²) in [6.07, 6.45) is 1.02. The third-order valence-corrected chi connectivity index (χ3v) is 3.37. The predicted octanol–water partition coefficient (Wildman–Crippen LogP) is 1.85. The first-order valence-electron chi connectivity index (χ1n) is 6.58. The molecule has 6 nitrogen and oxygen atoms in total. The summed E-state index contributed by atoms with van der Waals surface area (Å²) in [5.41, 5.74) is 0.393. The molecule has 0 aliphatic carbocycles. The molecule has 1 heterocycles.